The van der Waals surface area contributed by atoms with Crippen LogP contribution in [0, 0.1) is 0 Å². The minimum atomic E-state index is 0.587. The quantitative estimate of drug-likeness (QED) is 0.345. The third-order valence-corrected chi connectivity index (χ3v) is 5.46. The lowest BCUT2D eigenvalue weighted by Crippen LogP contribution is -2.15. The van der Waals surface area contributed by atoms with Crippen molar-refractivity contribution in [1.82, 2.24) is 4.57 Å². The molecule has 0 aliphatic carbocycles. The molecular formula is C20H13Br2NO2. The fraction of sp³-hybridized carbons (Fsp3) is 0.100. The van der Waals surface area contributed by atoms with Crippen LogP contribution in [0.15, 0.2) is 63.5 Å². The van der Waals surface area contributed by atoms with E-state index < -0.39 is 0 Å². The van der Waals surface area contributed by atoms with Crippen LogP contribution in [0.3, 0.4) is 0 Å². The number of benzene rings is 3. The maximum absolute atomic E-state index is 5.77. The van der Waals surface area contributed by atoms with E-state index in [9.17, 15) is 0 Å². The van der Waals surface area contributed by atoms with Gasteiger partial charge in [-0.25, -0.2) is 0 Å². The van der Waals surface area contributed by atoms with Gasteiger partial charge in [-0.15, -0.1) is 0 Å². The van der Waals surface area contributed by atoms with Gasteiger partial charge in [0.05, 0.1) is 16.7 Å². The maximum Gasteiger partial charge on any atom is 0.163 e. The van der Waals surface area contributed by atoms with Gasteiger partial charge in [-0.2, -0.15) is 0 Å². The Kier molecular flexibility index (Phi) is 3.54. The Bertz CT molecular complexity index is 1070. The number of halogens is 2. The van der Waals surface area contributed by atoms with Crippen LogP contribution in [0.25, 0.3) is 27.5 Å². The minimum Gasteiger partial charge on any atom is -0.486 e. The normalized spacial score (nSPS) is 13.5. The van der Waals surface area contributed by atoms with Crippen LogP contribution in [0.1, 0.15) is 0 Å². The van der Waals surface area contributed by atoms with Crippen molar-refractivity contribution in [3.8, 4) is 17.2 Å². The van der Waals surface area contributed by atoms with Crippen LogP contribution in [-0.4, -0.2) is 17.8 Å². The molecule has 3 nitrogen and oxygen atoms in total. The summed E-state index contributed by atoms with van der Waals surface area (Å²) in [4.78, 5) is 0. The Morgan fingerprint density at radius 1 is 0.680 bits per heavy atom. The van der Waals surface area contributed by atoms with Crippen molar-refractivity contribution < 1.29 is 9.47 Å². The number of hydrogen-bond acceptors (Lipinski definition) is 2. The standard InChI is InChI=1S/C20H13Br2NO2/c21-12-1-4-17-15(9-12)16-10-13(22)2-5-18(16)23(17)14-3-6-19-20(11-14)25-8-7-24-19/h1-6,9-11H,7-8H2. The van der Waals surface area contributed by atoms with Crippen LogP contribution < -0.4 is 9.47 Å². The van der Waals surface area contributed by atoms with Gasteiger partial charge in [-0.05, 0) is 48.5 Å². The van der Waals surface area contributed by atoms with E-state index in [2.05, 4.69) is 85.0 Å². The monoisotopic (exact) mass is 457 g/mol. The molecule has 5 rings (SSSR count). The highest BCUT2D eigenvalue weighted by atomic mass is 79.9. The predicted octanol–water partition coefficient (Wildman–Crippen LogP) is 6.08. The third-order valence-electron chi connectivity index (χ3n) is 4.47. The van der Waals surface area contributed by atoms with E-state index in [0.717, 1.165) is 37.2 Å². The molecule has 0 spiro atoms. The van der Waals surface area contributed by atoms with Crippen molar-refractivity contribution in [3.63, 3.8) is 0 Å². The van der Waals surface area contributed by atoms with Gasteiger partial charge in [-0.3, -0.25) is 0 Å². The van der Waals surface area contributed by atoms with Crippen molar-refractivity contribution in [3.05, 3.63) is 63.5 Å². The molecule has 0 amide bonds. The van der Waals surface area contributed by atoms with E-state index in [-0.39, 0.29) is 0 Å². The third kappa shape index (κ3) is 2.45. The van der Waals surface area contributed by atoms with Crippen molar-refractivity contribution in [2.24, 2.45) is 0 Å². The highest BCUT2D eigenvalue weighted by Gasteiger charge is 2.16. The molecule has 4 aromatic rings. The van der Waals surface area contributed by atoms with Crippen LogP contribution >= 0.6 is 31.9 Å². The second kappa shape index (κ2) is 5.78. The van der Waals surface area contributed by atoms with Gasteiger partial charge >= 0.3 is 0 Å². The van der Waals surface area contributed by atoms with Gasteiger partial charge in [0.15, 0.2) is 11.5 Å². The molecule has 1 aromatic heterocycles. The summed E-state index contributed by atoms with van der Waals surface area (Å²) in [5.74, 6) is 1.61. The summed E-state index contributed by atoms with van der Waals surface area (Å²) in [7, 11) is 0. The second-order valence-electron chi connectivity index (χ2n) is 5.99. The topological polar surface area (TPSA) is 23.4 Å². The Morgan fingerprint density at radius 2 is 1.28 bits per heavy atom. The average molecular weight is 459 g/mol. The SMILES string of the molecule is Brc1ccc2c(c1)c1cc(Br)ccc1n2-c1ccc2c(c1)OCCO2. The molecule has 3 aromatic carbocycles. The predicted molar refractivity (Wildman–Crippen MR) is 107 cm³/mol. The summed E-state index contributed by atoms with van der Waals surface area (Å²) < 4.78 is 15.8. The van der Waals surface area contributed by atoms with Gasteiger partial charge in [0.1, 0.15) is 13.2 Å². The summed E-state index contributed by atoms with van der Waals surface area (Å²) in [6.45, 7) is 1.19. The van der Waals surface area contributed by atoms with Gasteiger partial charge in [0.25, 0.3) is 0 Å². The smallest absolute Gasteiger partial charge is 0.163 e. The minimum absolute atomic E-state index is 0.587. The molecular weight excluding hydrogens is 446 g/mol. The molecule has 0 fully saturated rings. The van der Waals surface area contributed by atoms with Crippen LogP contribution in [0.4, 0.5) is 0 Å². The van der Waals surface area contributed by atoms with E-state index in [1.165, 1.54) is 10.8 Å². The maximum atomic E-state index is 5.77. The second-order valence-corrected chi connectivity index (χ2v) is 7.82. The molecule has 0 bridgehead atoms. The first-order valence-electron chi connectivity index (χ1n) is 8.00. The molecule has 5 heteroatoms. The summed E-state index contributed by atoms with van der Waals surface area (Å²) in [6, 6.07) is 18.9. The first kappa shape index (κ1) is 15.3. The summed E-state index contributed by atoms with van der Waals surface area (Å²) in [5.41, 5.74) is 3.38. The van der Waals surface area contributed by atoms with Gasteiger partial charge < -0.3 is 14.0 Å². The Labute approximate surface area is 161 Å². The Morgan fingerprint density at radius 3 is 1.92 bits per heavy atom. The zero-order valence-electron chi connectivity index (χ0n) is 13.1. The van der Waals surface area contributed by atoms with E-state index in [1.54, 1.807) is 0 Å². The van der Waals surface area contributed by atoms with E-state index in [1.807, 2.05) is 6.07 Å². The molecule has 0 radical (unpaired) electrons. The zero-order valence-corrected chi connectivity index (χ0v) is 16.3. The highest BCUT2D eigenvalue weighted by molar-refractivity contribution is 9.10. The lowest BCUT2D eigenvalue weighted by atomic mass is 10.2. The first-order valence-corrected chi connectivity index (χ1v) is 9.58. The summed E-state index contributed by atoms with van der Waals surface area (Å²) in [5, 5.41) is 2.42. The van der Waals surface area contributed by atoms with Crippen LogP contribution in [-0.2, 0) is 0 Å². The molecule has 124 valence electrons. The van der Waals surface area contributed by atoms with Crippen LogP contribution in [0.2, 0.25) is 0 Å². The van der Waals surface area contributed by atoms with Crippen molar-refractivity contribution in [2.45, 2.75) is 0 Å². The van der Waals surface area contributed by atoms with Gasteiger partial charge in [0.2, 0.25) is 0 Å². The molecule has 1 aliphatic rings. The number of ether oxygens (including phenoxy) is 2. The van der Waals surface area contributed by atoms with Crippen LogP contribution in [0.5, 0.6) is 11.5 Å². The zero-order chi connectivity index (χ0) is 17.0. The molecule has 2 heterocycles. The lowest BCUT2D eigenvalue weighted by Gasteiger charge is -2.19. The molecule has 0 N–H and O–H groups in total. The molecule has 0 unspecified atom stereocenters. The first-order chi connectivity index (χ1) is 12.2. The fourth-order valence-corrected chi connectivity index (χ4v) is 4.14. The van der Waals surface area contributed by atoms with E-state index in [4.69, 9.17) is 9.47 Å². The molecule has 0 saturated heterocycles. The Hall–Kier alpha value is -1.98. The van der Waals surface area contributed by atoms with E-state index >= 15 is 0 Å². The lowest BCUT2D eigenvalue weighted by molar-refractivity contribution is 0.171. The Balaban J connectivity index is 1.85. The van der Waals surface area contributed by atoms with Gasteiger partial charge in [-0.1, -0.05) is 31.9 Å². The number of nitrogens with zero attached hydrogens (tertiary/aromatic N) is 1. The number of rotatable bonds is 1. The number of hydrogen-bond donors (Lipinski definition) is 0. The number of aromatic nitrogens is 1. The largest absolute Gasteiger partial charge is 0.486 e. The average Bonchev–Trinajstić information content (AvgIpc) is 2.94. The van der Waals surface area contributed by atoms with Crippen molar-refractivity contribution >= 4 is 53.7 Å². The summed E-state index contributed by atoms with van der Waals surface area (Å²) >= 11 is 7.19. The van der Waals surface area contributed by atoms with Crippen molar-refractivity contribution in [2.75, 3.05) is 13.2 Å². The molecule has 0 atom stereocenters. The summed E-state index contributed by atoms with van der Waals surface area (Å²) in [6.07, 6.45) is 0. The fourth-order valence-electron chi connectivity index (χ4n) is 3.42. The highest BCUT2D eigenvalue weighted by Crippen LogP contribution is 2.38. The molecule has 1 aliphatic heterocycles. The molecule has 25 heavy (non-hydrogen) atoms. The van der Waals surface area contributed by atoms with Crippen molar-refractivity contribution in [1.29, 1.82) is 0 Å². The molecule has 0 saturated carbocycles. The van der Waals surface area contributed by atoms with Gasteiger partial charge in [0, 0.05) is 25.8 Å². The number of fused-ring (bicyclic) bond motifs is 4. The van der Waals surface area contributed by atoms with E-state index in [0.29, 0.717) is 13.2 Å².